The topological polar surface area (TPSA) is 35.6 Å². The molecule has 0 unspecified atom stereocenters. The summed E-state index contributed by atoms with van der Waals surface area (Å²) in [5.74, 6) is 0. The van der Waals surface area contributed by atoms with E-state index in [1.54, 1.807) is 11.0 Å². The highest BCUT2D eigenvalue weighted by atomic mass is 35.5. The molecule has 0 spiro atoms. The lowest BCUT2D eigenvalue weighted by molar-refractivity contribution is -0.137. The van der Waals surface area contributed by atoms with Crippen LogP contribution in [0.2, 0.25) is 5.02 Å². The summed E-state index contributed by atoms with van der Waals surface area (Å²) in [4.78, 5) is 17.4. The Morgan fingerprint density at radius 2 is 1.66 bits per heavy atom. The number of carbonyl (C=O) groups excluding carboxylic acids is 1. The SMILES string of the molecule is O=C(Nc1cccc(C(F)(F)F)c1)N(Cc1ccccc1Cl)C1CCN(Cc2ccccc2)CC1. The van der Waals surface area contributed by atoms with Gasteiger partial charge in [0, 0.05) is 42.9 Å². The first-order valence-corrected chi connectivity index (χ1v) is 11.9. The Kier molecular flexibility index (Phi) is 7.98. The van der Waals surface area contributed by atoms with Crippen molar-refractivity contribution in [2.24, 2.45) is 0 Å². The van der Waals surface area contributed by atoms with Gasteiger partial charge in [0.25, 0.3) is 0 Å². The lowest BCUT2D eigenvalue weighted by Crippen LogP contribution is -2.48. The number of piperidine rings is 1. The van der Waals surface area contributed by atoms with Crippen LogP contribution in [0.4, 0.5) is 23.7 Å². The summed E-state index contributed by atoms with van der Waals surface area (Å²) in [6, 6.07) is 21.7. The molecule has 1 fully saturated rings. The molecular weight excluding hydrogens is 475 g/mol. The fourth-order valence-electron chi connectivity index (χ4n) is 4.38. The second kappa shape index (κ2) is 11.1. The number of anilines is 1. The minimum atomic E-state index is -4.48. The van der Waals surface area contributed by atoms with E-state index in [2.05, 4.69) is 22.3 Å². The van der Waals surface area contributed by atoms with Gasteiger partial charge in [-0.15, -0.1) is 0 Å². The van der Waals surface area contributed by atoms with Gasteiger partial charge >= 0.3 is 12.2 Å². The molecule has 8 heteroatoms. The molecule has 3 aromatic rings. The number of likely N-dealkylation sites (tertiary alicyclic amines) is 1. The van der Waals surface area contributed by atoms with Gasteiger partial charge in [0.15, 0.2) is 0 Å². The van der Waals surface area contributed by atoms with E-state index in [-0.39, 0.29) is 18.3 Å². The zero-order valence-corrected chi connectivity index (χ0v) is 19.9. The van der Waals surface area contributed by atoms with Crippen LogP contribution in [-0.2, 0) is 19.3 Å². The first kappa shape index (κ1) is 25.1. The zero-order chi connectivity index (χ0) is 24.8. The summed E-state index contributed by atoms with van der Waals surface area (Å²) >= 11 is 6.36. The molecule has 184 valence electrons. The van der Waals surface area contributed by atoms with Crippen LogP contribution in [0.15, 0.2) is 78.9 Å². The average molecular weight is 502 g/mol. The molecule has 3 aromatic carbocycles. The van der Waals surface area contributed by atoms with E-state index in [0.717, 1.165) is 50.2 Å². The van der Waals surface area contributed by atoms with E-state index in [1.165, 1.54) is 17.7 Å². The molecule has 0 aromatic heterocycles. The number of nitrogens with zero attached hydrogens (tertiary/aromatic N) is 2. The Balaban J connectivity index is 1.48. The fraction of sp³-hybridized carbons (Fsp3) is 0.296. The fourth-order valence-corrected chi connectivity index (χ4v) is 4.57. The first-order chi connectivity index (χ1) is 16.8. The second-order valence-corrected chi connectivity index (χ2v) is 9.13. The summed E-state index contributed by atoms with van der Waals surface area (Å²) in [5.41, 5.74) is 1.33. The van der Waals surface area contributed by atoms with Crippen molar-refractivity contribution in [2.75, 3.05) is 18.4 Å². The number of amides is 2. The van der Waals surface area contributed by atoms with Gasteiger partial charge in [0.2, 0.25) is 0 Å². The summed E-state index contributed by atoms with van der Waals surface area (Å²) in [6.07, 6.45) is -2.97. The van der Waals surface area contributed by atoms with Crippen molar-refractivity contribution in [2.45, 2.75) is 38.1 Å². The predicted octanol–water partition coefficient (Wildman–Crippen LogP) is 7.06. The normalized spacial score (nSPS) is 15.1. The highest BCUT2D eigenvalue weighted by Crippen LogP contribution is 2.31. The van der Waals surface area contributed by atoms with E-state index in [4.69, 9.17) is 11.6 Å². The molecule has 1 heterocycles. The summed E-state index contributed by atoms with van der Waals surface area (Å²) in [7, 11) is 0. The van der Waals surface area contributed by atoms with Crippen molar-refractivity contribution in [3.05, 3.63) is 101 Å². The Labute approximate surface area is 208 Å². The van der Waals surface area contributed by atoms with Crippen LogP contribution in [0.25, 0.3) is 0 Å². The van der Waals surface area contributed by atoms with Crippen LogP contribution in [0.1, 0.15) is 29.5 Å². The molecule has 4 nitrogen and oxygen atoms in total. The van der Waals surface area contributed by atoms with Gasteiger partial charge in [-0.3, -0.25) is 4.90 Å². The van der Waals surface area contributed by atoms with Crippen molar-refractivity contribution in [1.82, 2.24) is 9.80 Å². The van der Waals surface area contributed by atoms with Crippen LogP contribution < -0.4 is 5.32 Å². The monoisotopic (exact) mass is 501 g/mol. The molecule has 0 bridgehead atoms. The number of hydrogen-bond acceptors (Lipinski definition) is 2. The molecule has 1 aliphatic rings. The van der Waals surface area contributed by atoms with Crippen LogP contribution in [0.3, 0.4) is 0 Å². The predicted molar refractivity (Wildman–Crippen MR) is 132 cm³/mol. The zero-order valence-electron chi connectivity index (χ0n) is 19.1. The number of carbonyl (C=O) groups is 1. The Bertz CT molecular complexity index is 1130. The smallest absolute Gasteiger partial charge is 0.317 e. The van der Waals surface area contributed by atoms with Crippen molar-refractivity contribution in [1.29, 1.82) is 0 Å². The van der Waals surface area contributed by atoms with Crippen molar-refractivity contribution >= 4 is 23.3 Å². The second-order valence-electron chi connectivity index (χ2n) is 8.72. The molecule has 2 amide bonds. The summed E-state index contributed by atoms with van der Waals surface area (Å²) in [6.45, 7) is 2.74. The quantitative estimate of drug-likeness (QED) is 0.392. The van der Waals surface area contributed by atoms with Gasteiger partial charge in [-0.2, -0.15) is 13.2 Å². The third-order valence-corrected chi connectivity index (χ3v) is 6.62. The molecule has 0 aliphatic carbocycles. The molecule has 1 N–H and O–H groups in total. The molecule has 1 aliphatic heterocycles. The average Bonchev–Trinajstić information content (AvgIpc) is 2.84. The van der Waals surface area contributed by atoms with E-state index < -0.39 is 17.8 Å². The molecular formula is C27H27ClF3N3O. The van der Waals surface area contributed by atoms with Gasteiger partial charge in [0.1, 0.15) is 0 Å². The minimum absolute atomic E-state index is 0.0657. The lowest BCUT2D eigenvalue weighted by Gasteiger charge is -2.38. The highest BCUT2D eigenvalue weighted by molar-refractivity contribution is 6.31. The largest absolute Gasteiger partial charge is 0.416 e. The van der Waals surface area contributed by atoms with Crippen LogP contribution in [-0.4, -0.2) is 35.0 Å². The Morgan fingerprint density at radius 1 is 0.971 bits per heavy atom. The maximum Gasteiger partial charge on any atom is 0.416 e. The number of urea groups is 1. The summed E-state index contributed by atoms with van der Waals surface area (Å²) < 4.78 is 39.4. The minimum Gasteiger partial charge on any atom is -0.317 e. The van der Waals surface area contributed by atoms with E-state index in [0.29, 0.717) is 5.02 Å². The number of halogens is 4. The van der Waals surface area contributed by atoms with E-state index >= 15 is 0 Å². The summed E-state index contributed by atoms with van der Waals surface area (Å²) in [5, 5.41) is 3.22. The third-order valence-electron chi connectivity index (χ3n) is 6.25. The first-order valence-electron chi connectivity index (χ1n) is 11.5. The number of rotatable bonds is 6. The van der Waals surface area contributed by atoms with Crippen molar-refractivity contribution < 1.29 is 18.0 Å². The molecule has 35 heavy (non-hydrogen) atoms. The Morgan fingerprint density at radius 3 is 2.34 bits per heavy atom. The number of hydrogen-bond donors (Lipinski definition) is 1. The Hall–Kier alpha value is -3.03. The maximum atomic E-state index is 13.3. The van der Waals surface area contributed by atoms with Gasteiger partial charge in [-0.05, 0) is 48.2 Å². The molecule has 4 rings (SSSR count). The van der Waals surface area contributed by atoms with Crippen LogP contribution in [0.5, 0.6) is 0 Å². The van der Waals surface area contributed by atoms with E-state index in [1.807, 2.05) is 36.4 Å². The van der Waals surface area contributed by atoms with Crippen LogP contribution >= 0.6 is 11.6 Å². The number of nitrogens with one attached hydrogen (secondary N) is 1. The molecule has 0 saturated carbocycles. The molecule has 0 radical (unpaired) electrons. The van der Waals surface area contributed by atoms with Gasteiger partial charge in [-0.1, -0.05) is 66.2 Å². The molecule has 1 saturated heterocycles. The number of alkyl halides is 3. The maximum absolute atomic E-state index is 13.3. The van der Waals surface area contributed by atoms with Crippen molar-refractivity contribution in [3.8, 4) is 0 Å². The highest BCUT2D eigenvalue weighted by Gasteiger charge is 2.32. The van der Waals surface area contributed by atoms with E-state index in [9.17, 15) is 18.0 Å². The third kappa shape index (κ3) is 6.77. The van der Waals surface area contributed by atoms with Gasteiger partial charge in [-0.25, -0.2) is 4.79 Å². The van der Waals surface area contributed by atoms with Gasteiger partial charge < -0.3 is 10.2 Å². The van der Waals surface area contributed by atoms with Crippen LogP contribution in [0, 0.1) is 0 Å². The standard InChI is InChI=1S/C27H27ClF3N3O/c28-25-12-5-4-9-21(25)19-34(26(35)32-23-11-6-10-22(17-23)27(29,30)31)24-13-15-33(16-14-24)18-20-7-2-1-3-8-20/h1-12,17,24H,13-16,18-19H2,(H,32,35). The van der Waals surface area contributed by atoms with Crippen molar-refractivity contribution in [3.63, 3.8) is 0 Å². The number of benzene rings is 3. The lowest BCUT2D eigenvalue weighted by atomic mass is 10.0. The van der Waals surface area contributed by atoms with Gasteiger partial charge in [0.05, 0.1) is 5.56 Å². The molecule has 0 atom stereocenters.